The van der Waals surface area contributed by atoms with Gasteiger partial charge in [-0.1, -0.05) is 0 Å². The van der Waals surface area contributed by atoms with Crippen molar-refractivity contribution in [2.45, 2.75) is 31.3 Å². The minimum Gasteiger partial charge on any atom is -0.388 e. The van der Waals surface area contributed by atoms with E-state index in [1.807, 2.05) is 11.8 Å². The number of hydrogen-bond donors (Lipinski definition) is 1. The van der Waals surface area contributed by atoms with Crippen LogP contribution in [0.2, 0.25) is 0 Å². The molecule has 76 valence electrons. The van der Waals surface area contributed by atoms with Gasteiger partial charge in [0.25, 0.3) is 0 Å². The van der Waals surface area contributed by atoms with Crippen molar-refractivity contribution in [1.82, 2.24) is 4.90 Å². The second-order valence-electron chi connectivity index (χ2n) is 4.32. The first-order valence-corrected chi connectivity index (χ1v) is 6.47. The van der Waals surface area contributed by atoms with E-state index in [1.165, 1.54) is 25.9 Å². The van der Waals surface area contributed by atoms with Crippen LogP contribution in [0.5, 0.6) is 0 Å². The Bertz CT molecular complexity index is 162. The molecule has 0 atom stereocenters. The van der Waals surface area contributed by atoms with E-state index >= 15 is 0 Å². The Balaban J connectivity index is 1.83. The Kier molecular flexibility index (Phi) is 3.17. The Labute approximate surface area is 84.7 Å². The Hall–Kier alpha value is 0.270. The third-order valence-corrected chi connectivity index (χ3v) is 4.13. The Morgan fingerprint density at radius 2 is 1.77 bits per heavy atom. The van der Waals surface area contributed by atoms with Gasteiger partial charge >= 0.3 is 0 Å². The summed E-state index contributed by atoms with van der Waals surface area (Å²) in [6.45, 7) is 3.33. The maximum absolute atomic E-state index is 10.3. The lowest BCUT2D eigenvalue weighted by molar-refractivity contribution is 0.00225. The first-order chi connectivity index (χ1) is 6.29. The molecule has 13 heavy (non-hydrogen) atoms. The van der Waals surface area contributed by atoms with Gasteiger partial charge in [0.1, 0.15) is 0 Å². The van der Waals surface area contributed by atoms with Crippen molar-refractivity contribution in [1.29, 1.82) is 0 Å². The molecule has 3 heteroatoms. The lowest BCUT2D eigenvalue weighted by Gasteiger charge is -2.35. The van der Waals surface area contributed by atoms with Crippen LogP contribution in [0.3, 0.4) is 0 Å². The highest BCUT2D eigenvalue weighted by Crippen LogP contribution is 2.28. The first-order valence-electron chi connectivity index (χ1n) is 5.31. The minimum absolute atomic E-state index is 0.352. The molecular weight excluding hydrogens is 182 g/mol. The molecule has 2 saturated heterocycles. The van der Waals surface area contributed by atoms with E-state index in [4.69, 9.17) is 0 Å². The maximum Gasteiger partial charge on any atom is 0.0789 e. The topological polar surface area (TPSA) is 23.5 Å². The molecule has 0 aliphatic carbocycles. The average molecular weight is 201 g/mol. The second-order valence-corrected chi connectivity index (χ2v) is 5.54. The van der Waals surface area contributed by atoms with Gasteiger partial charge in [-0.05, 0) is 50.3 Å². The van der Waals surface area contributed by atoms with Crippen LogP contribution >= 0.6 is 11.8 Å². The summed E-state index contributed by atoms with van der Waals surface area (Å²) >= 11 is 1.98. The van der Waals surface area contributed by atoms with Crippen molar-refractivity contribution in [3.63, 3.8) is 0 Å². The van der Waals surface area contributed by atoms with Crippen LogP contribution in [0.15, 0.2) is 0 Å². The van der Waals surface area contributed by atoms with Crippen LogP contribution in [0.4, 0.5) is 0 Å². The fourth-order valence-corrected chi connectivity index (χ4v) is 3.52. The van der Waals surface area contributed by atoms with E-state index in [-0.39, 0.29) is 5.60 Å². The zero-order valence-electron chi connectivity index (χ0n) is 8.17. The zero-order valence-corrected chi connectivity index (χ0v) is 8.98. The van der Waals surface area contributed by atoms with Crippen molar-refractivity contribution in [2.24, 2.45) is 0 Å². The lowest BCUT2D eigenvalue weighted by Crippen LogP contribution is -2.44. The Morgan fingerprint density at radius 1 is 1.15 bits per heavy atom. The van der Waals surface area contributed by atoms with Gasteiger partial charge in [0.15, 0.2) is 0 Å². The number of β-amino-alcohol motifs (C(OH)–C–C–N with tert-alkyl or cyclic N) is 1. The van der Waals surface area contributed by atoms with Gasteiger partial charge < -0.3 is 10.0 Å². The predicted molar refractivity (Wildman–Crippen MR) is 57.2 cm³/mol. The van der Waals surface area contributed by atoms with E-state index in [9.17, 15) is 5.11 Å². The fourth-order valence-electron chi connectivity index (χ4n) is 2.27. The number of hydrogen-bond acceptors (Lipinski definition) is 3. The van der Waals surface area contributed by atoms with Crippen LogP contribution in [0, 0.1) is 0 Å². The number of thioether (sulfide) groups is 1. The molecule has 0 amide bonds. The number of aliphatic hydroxyl groups is 1. The van der Waals surface area contributed by atoms with E-state index in [1.54, 1.807) is 0 Å². The van der Waals surface area contributed by atoms with E-state index in [0.717, 1.165) is 30.9 Å². The number of nitrogens with zero attached hydrogens (tertiary/aromatic N) is 1. The molecule has 2 rings (SSSR count). The van der Waals surface area contributed by atoms with Crippen LogP contribution in [-0.4, -0.2) is 46.7 Å². The monoisotopic (exact) mass is 201 g/mol. The molecule has 2 aliphatic heterocycles. The molecule has 0 aromatic carbocycles. The summed E-state index contributed by atoms with van der Waals surface area (Å²) in [4.78, 5) is 2.43. The highest BCUT2D eigenvalue weighted by atomic mass is 32.2. The molecule has 0 aromatic rings. The number of likely N-dealkylation sites (tertiary alicyclic amines) is 1. The SMILES string of the molecule is OC1(CN2CCCC2)CCSCC1. The van der Waals surface area contributed by atoms with Crippen molar-refractivity contribution < 1.29 is 5.11 Å². The van der Waals surface area contributed by atoms with Gasteiger partial charge in [0.05, 0.1) is 5.60 Å². The van der Waals surface area contributed by atoms with Crippen molar-refractivity contribution in [3.05, 3.63) is 0 Å². The Morgan fingerprint density at radius 3 is 2.38 bits per heavy atom. The summed E-state index contributed by atoms with van der Waals surface area (Å²) in [7, 11) is 0. The fraction of sp³-hybridized carbons (Fsp3) is 1.00. The summed E-state index contributed by atoms with van der Waals surface area (Å²) in [5.41, 5.74) is -0.352. The molecular formula is C10H19NOS. The molecule has 2 fully saturated rings. The summed E-state index contributed by atoms with van der Waals surface area (Å²) in [6.07, 6.45) is 4.64. The zero-order chi connectivity index (χ0) is 9.15. The molecule has 0 aromatic heterocycles. The molecule has 2 aliphatic rings. The van der Waals surface area contributed by atoms with Gasteiger partial charge in [-0.3, -0.25) is 0 Å². The molecule has 2 heterocycles. The standard InChI is InChI=1S/C10H19NOS/c12-10(3-7-13-8-4-10)9-11-5-1-2-6-11/h12H,1-9H2. The minimum atomic E-state index is -0.352. The highest BCUT2D eigenvalue weighted by molar-refractivity contribution is 7.99. The van der Waals surface area contributed by atoms with E-state index in [0.29, 0.717) is 0 Å². The van der Waals surface area contributed by atoms with Crippen LogP contribution in [-0.2, 0) is 0 Å². The number of rotatable bonds is 2. The predicted octanol–water partition coefficient (Wildman–Crippen LogP) is 1.34. The van der Waals surface area contributed by atoms with Gasteiger partial charge in [0.2, 0.25) is 0 Å². The molecule has 0 unspecified atom stereocenters. The van der Waals surface area contributed by atoms with Crippen molar-refractivity contribution >= 4 is 11.8 Å². The van der Waals surface area contributed by atoms with E-state index < -0.39 is 0 Å². The average Bonchev–Trinajstić information content (AvgIpc) is 2.57. The molecule has 0 saturated carbocycles. The summed E-state index contributed by atoms with van der Waals surface area (Å²) in [5.74, 6) is 2.29. The highest BCUT2D eigenvalue weighted by Gasteiger charge is 2.32. The summed E-state index contributed by atoms with van der Waals surface area (Å²) in [6, 6.07) is 0. The molecule has 2 nitrogen and oxygen atoms in total. The van der Waals surface area contributed by atoms with Crippen molar-refractivity contribution in [2.75, 3.05) is 31.1 Å². The van der Waals surface area contributed by atoms with Crippen LogP contribution in [0.1, 0.15) is 25.7 Å². The molecule has 0 bridgehead atoms. The lowest BCUT2D eigenvalue weighted by atomic mass is 9.96. The smallest absolute Gasteiger partial charge is 0.0789 e. The van der Waals surface area contributed by atoms with Crippen molar-refractivity contribution in [3.8, 4) is 0 Å². The third kappa shape index (κ3) is 2.61. The van der Waals surface area contributed by atoms with Gasteiger partial charge in [-0.15, -0.1) is 0 Å². The second kappa shape index (κ2) is 4.20. The largest absolute Gasteiger partial charge is 0.388 e. The third-order valence-electron chi connectivity index (χ3n) is 3.14. The van der Waals surface area contributed by atoms with Crippen LogP contribution in [0.25, 0.3) is 0 Å². The van der Waals surface area contributed by atoms with Crippen LogP contribution < -0.4 is 0 Å². The quantitative estimate of drug-likeness (QED) is 0.729. The molecule has 0 spiro atoms. The summed E-state index contributed by atoms with van der Waals surface area (Å²) in [5, 5.41) is 10.3. The normalized spacial score (nSPS) is 29.3. The van der Waals surface area contributed by atoms with Gasteiger partial charge in [-0.2, -0.15) is 11.8 Å². The summed E-state index contributed by atoms with van der Waals surface area (Å²) < 4.78 is 0. The molecule has 0 radical (unpaired) electrons. The molecule has 1 N–H and O–H groups in total. The van der Waals surface area contributed by atoms with Gasteiger partial charge in [-0.25, -0.2) is 0 Å². The maximum atomic E-state index is 10.3. The van der Waals surface area contributed by atoms with E-state index in [2.05, 4.69) is 4.90 Å². The van der Waals surface area contributed by atoms with Gasteiger partial charge in [0, 0.05) is 6.54 Å². The first kappa shape index (κ1) is 9.81.